The summed E-state index contributed by atoms with van der Waals surface area (Å²) in [6.07, 6.45) is 2.51. The molecule has 0 aliphatic rings. The number of hydrogen-bond acceptors (Lipinski definition) is 2. The Hall–Kier alpha value is -2.23. The van der Waals surface area contributed by atoms with Gasteiger partial charge >= 0.3 is 0 Å². The predicted molar refractivity (Wildman–Crippen MR) is 67.7 cm³/mol. The van der Waals surface area contributed by atoms with E-state index in [1.807, 2.05) is 30.3 Å². The molecule has 0 fully saturated rings. The van der Waals surface area contributed by atoms with Crippen LogP contribution in [-0.2, 0) is 4.79 Å². The maximum atomic E-state index is 13.3. The number of hydrogen-bond donors (Lipinski definition) is 1. The summed E-state index contributed by atoms with van der Waals surface area (Å²) < 4.78 is 13.3. The van der Waals surface area contributed by atoms with E-state index >= 15 is 0 Å². The summed E-state index contributed by atoms with van der Waals surface area (Å²) in [5.74, 6) is -1.11. The standard InChI is InChI=1S/C14H13FN2O/c1-10(11-5-3-2-4-6-11)14(18)17-13-7-8-16-9-12(13)15/h2-10H,1H3,(H,16,17,18). The molecule has 1 aromatic heterocycles. The van der Waals surface area contributed by atoms with Gasteiger partial charge in [0.15, 0.2) is 5.82 Å². The molecule has 0 saturated heterocycles. The van der Waals surface area contributed by atoms with Crippen LogP contribution in [0.2, 0.25) is 0 Å². The Balaban J connectivity index is 2.12. The molecule has 18 heavy (non-hydrogen) atoms. The molecule has 0 radical (unpaired) electrons. The molecule has 0 aliphatic carbocycles. The Kier molecular flexibility index (Phi) is 3.67. The van der Waals surface area contributed by atoms with Crippen LogP contribution in [0.5, 0.6) is 0 Å². The molecule has 1 heterocycles. The molecule has 1 atom stereocenters. The van der Waals surface area contributed by atoms with Crippen molar-refractivity contribution >= 4 is 11.6 Å². The summed E-state index contributed by atoms with van der Waals surface area (Å²) in [5.41, 5.74) is 1.04. The van der Waals surface area contributed by atoms with Crippen molar-refractivity contribution in [2.45, 2.75) is 12.8 Å². The van der Waals surface area contributed by atoms with Crippen LogP contribution in [0.25, 0.3) is 0 Å². The number of anilines is 1. The number of halogens is 1. The van der Waals surface area contributed by atoms with E-state index in [1.54, 1.807) is 6.92 Å². The second-order valence-electron chi connectivity index (χ2n) is 3.98. The van der Waals surface area contributed by atoms with E-state index in [0.717, 1.165) is 11.8 Å². The fourth-order valence-corrected chi connectivity index (χ4v) is 1.61. The molecule has 1 N–H and O–H groups in total. The number of nitrogens with zero attached hydrogens (tertiary/aromatic N) is 1. The zero-order chi connectivity index (χ0) is 13.0. The van der Waals surface area contributed by atoms with Crippen LogP contribution in [0.1, 0.15) is 18.4 Å². The lowest BCUT2D eigenvalue weighted by Gasteiger charge is -2.12. The van der Waals surface area contributed by atoms with Crippen LogP contribution in [-0.4, -0.2) is 10.9 Å². The number of carbonyl (C=O) groups is 1. The van der Waals surface area contributed by atoms with Crippen LogP contribution in [0.4, 0.5) is 10.1 Å². The highest BCUT2D eigenvalue weighted by molar-refractivity contribution is 5.95. The van der Waals surface area contributed by atoms with E-state index in [2.05, 4.69) is 10.3 Å². The highest BCUT2D eigenvalue weighted by Crippen LogP contribution is 2.18. The van der Waals surface area contributed by atoms with E-state index in [1.165, 1.54) is 12.3 Å². The monoisotopic (exact) mass is 244 g/mol. The van der Waals surface area contributed by atoms with Crippen LogP contribution in [0.15, 0.2) is 48.8 Å². The maximum Gasteiger partial charge on any atom is 0.231 e. The van der Waals surface area contributed by atoms with Gasteiger partial charge in [0.2, 0.25) is 5.91 Å². The molecular formula is C14H13FN2O. The second-order valence-corrected chi connectivity index (χ2v) is 3.98. The van der Waals surface area contributed by atoms with Gasteiger partial charge in [0.25, 0.3) is 0 Å². The third-order valence-electron chi connectivity index (χ3n) is 2.72. The number of benzene rings is 1. The van der Waals surface area contributed by atoms with Crippen LogP contribution >= 0.6 is 0 Å². The van der Waals surface area contributed by atoms with Gasteiger partial charge in [0.1, 0.15) is 0 Å². The van der Waals surface area contributed by atoms with Crippen molar-refractivity contribution < 1.29 is 9.18 Å². The topological polar surface area (TPSA) is 42.0 Å². The first-order valence-electron chi connectivity index (χ1n) is 5.64. The lowest BCUT2D eigenvalue weighted by Crippen LogP contribution is -2.19. The molecular weight excluding hydrogens is 231 g/mol. The minimum atomic E-state index is -0.536. The van der Waals surface area contributed by atoms with Crippen molar-refractivity contribution in [1.29, 1.82) is 0 Å². The molecule has 4 heteroatoms. The average molecular weight is 244 g/mol. The van der Waals surface area contributed by atoms with Gasteiger partial charge < -0.3 is 5.32 Å². The molecule has 0 bridgehead atoms. The lowest BCUT2D eigenvalue weighted by atomic mass is 10.0. The summed E-state index contributed by atoms with van der Waals surface area (Å²) in [4.78, 5) is 15.6. The molecule has 0 spiro atoms. The number of amides is 1. The summed E-state index contributed by atoms with van der Waals surface area (Å²) in [6, 6.07) is 10.8. The Bertz CT molecular complexity index is 543. The predicted octanol–water partition coefficient (Wildman–Crippen LogP) is 2.96. The molecule has 3 nitrogen and oxygen atoms in total. The molecule has 0 saturated carbocycles. The van der Waals surface area contributed by atoms with Crippen molar-refractivity contribution in [3.63, 3.8) is 0 Å². The quantitative estimate of drug-likeness (QED) is 0.901. The third-order valence-corrected chi connectivity index (χ3v) is 2.72. The maximum absolute atomic E-state index is 13.3. The van der Waals surface area contributed by atoms with Crippen molar-refractivity contribution in [3.05, 3.63) is 60.2 Å². The van der Waals surface area contributed by atoms with Crippen molar-refractivity contribution in [2.24, 2.45) is 0 Å². The summed E-state index contributed by atoms with van der Waals surface area (Å²) in [7, 11) is 0. The van der Waals surface area contributed by atoms with Gasteiger partial charge in [-0.3, -0.25) is 9.78 Å². The van der Waals surface area contributed by atoms with Gasteiger partial charge in [-0.1, -0.05) is 30.3 Å². The smallest absolute Gasteiger partial charge is 0.231 e. The number of rotatable bonds is 3. The number of nitrogens with one attached hydrogen (secondary N) is 1. The summed E-state index contributed by atoms with van der Waals surface area (Å²) in [6.45, 7) is 1.78. The van der Waals surface area contributed by atoms with Crippen molar-refractivity contribution in [1.82, 2.24) is 4.98 Å². The Morgan fingerprint density at radius 1 is 1.28 bits per heavy atom. The third kappa shape index (κ3) is 2.71. The number of aromatic nitrogens is 1. The van der Waals surface area contributed by atoms with E-state index in [9.17, 15) is 9.18 Å². The van der Waals surface area contributed by atoms with E-state index < -0.39 is 5.82 Å². The van der Waals surface area contributed by atoms with Gasteiger partial charge in [0.05, 0.1) is 17.8 Å². The SMILES string of the molecule is CC(C(=O)Nc1ccncc1F)c1ccccc1. The Morgan fingerprint density at radius 2 is 2.00 bits per heavy atom. The second kappa shape index (κ2) is 5.40. The van der Waals surface area contributed by atoms with Crippen LogP contribution < -0.4 is 5.32 Å². The molecule has 92 valence electrons. The molecule has 2 aromatic rings. The van der Waals surface area contributed by atoms with Crippen LogP contribution in [0, 0.1) is 5.82 Å². The summed E-state index contributed by atoms with van der Waals surface area (Å²) in [5, 5.41) is 2.55. The molecule has 1 amide bonds. The number of carbonyl (C=O) groups excluding carboxylic acids is 1. The normalized spacial score (nSPS) is 11.9. The van der Waals surface area contributed by atoms with Crippen molar-refractivity contribution in [3.8, 4) is 0 Å². The van der Waals surface area contributed by atoms with Gasteiger partial charge in [-0.25, -0.2) is 4.39 Å². The van der Waals surface area contributed by atoms with Gasteiger partial charge in [-0.2, -0.15) is 0 Å². The molecule has 1 unspecified atom stereocenters. The highest BCUT2D eigenvalue weighted by atomic mass is 19.1. The molecule has 1 aromatic carbocycles. The van der Waals surface area contributed by atoms with E-state index in [-0.39, 0.29) is 17.5 Å². The largest absolute Gasteiger partial charge is 0.323 e. The first-order chi connectivity index (χ1) is 8.68. The Labute approximate surface area is 105 Å². The fourth-order valence-electron chi connectivity index (χ4n) is 1.61. The molecule has 2 rings (SSSR count). The fraction of sp³-hybridized carbons (Fsp3) is 0.143. The van der Waals surface area contributed by atoms with Gasteiger partial charge in [0, 0.05) is 6.20 Å². The minimum absolute atomic E-state index is 0.151. The average Bonchev–Trinajstić information content (AvgIpc) is 2.41. The van der Waals surface area contributed by atoms with E-state index in [0.29, 0.717) is 0 Å². The number of pyridine rings is 1. The summed E-state index contributed by atoms with van der Waals surface area (Å²) >= 11 is 0. The lowest BCUT2D eigenvalue weighted by molar-refractivity contribution is -0.117. The van der Waals surface area contributed by atoms with Gasteiger partial charge in [-0.15, -0.1) is 0 Å². The zero-order valence-corrected chi connectivity index (χ0v) is 9.93. The first kappa shape index (κ1) is 12.2. The van der Waals surface area contributed by atoms with Gasteiger partial charge in [-0.05, 0) is 18.6 Å². The molecule has 0 aliphatic heterocycles. The van der Waals surface area contributed by atoms with Crippen LogP contribution in [0.3, 0.4) is 0 Å². The van der Waals surface area contributed by atoms with E-state index in [4.69, 9.17) is 0 Å². The minimum Gasteiger partial charge on any atom is -0.323 e. The zero-order valence-electron chi connectivity index (χ0n) is 9.93. The Morgan fingerprint density at radius 3 is 2.67 bits per heavy atom. The van der Waals surface area contributed by atoms with Crippen molar-refractivity contribution in [2.75, 3.05) is 5.32 Å². The first-order valence-corrected chi connectivity index (χ1v) is 5.64. The highest BCUT2D eigenvalue weighted by Gasteiger charge is 2.16.